The summed E-state index contributed by atoms with van der Waals surface area (Å²) in [5.74, 6) is -0.845. The second-order valence-electron chi connectivity index (χ2n) is 5.11. The summed E-state index contributed by atoms with van der Waals surface area (Å²) in [6, 6.07) is 8.48. The number of carbonyl (C=O) groups is 1. The van der Waals surface area contributed by atoms with E-state index >= 15 is 0 Å². The molecule has 0 bridgehead atoms. The van der Waals surface area contributed by atoms with Crippen molar-refractivity contribution in [2.24, 2.45) is 0 Å². The molecule has 4 heteroatoms. The molecule has 1 heterocycles. The zero-order valence-corrected chi connectivity index (χ0v) is 11.3. The lowest BCUT2D eigenvalue weighted by Crippen LogP contribution is -2.30. The molecule has 1 aromatic carbocycles. The largest absolute Gasteiger partial charge is 0.479 e. The first-order valence-corrected chi connectivity index (χ1v) is 6.79. The predicted molar refractivity (Wildman–Crippen MR) is 73.3 cm³/mol. The van der Waals surface area contributed by atoms with E-state index < -0.39 is 12.1 Å². The van der Waals surface area contributed by atoms with Crippen molar-refractivity contribution in [1.29, 1.82) is 0 Å². The van der Waals surface area contributed by atoms with Crippen LogP contribution >= 0.6 is 0 Å². The maximum absolute atomic E-state index is 10.7. The van der Waals surface area contributed by atoms with Crippen LogP contribution in [0.2, 0.25) is 0 Å². The fourth-order valence-corrected chi connectivity index (χ4v) is 2.40. The quantitative estimate of drug-likeness (QED) is 0.768. The summed E-state index contributed by atoms with van der Waals surface area (Å²) in [5.41, 5.74) is 2.60. The van der Waals surface area contributed by atoms with Gasteiger partial charge in [-0.3, -0.25) is 0 Å². The maximum atomic E-state index is 10.7. The van der Waals surface area contributed by atoms with Crippen molar-refractivity contribution in [3.05, 3.63) is 35.4 Å². The van der Waals surface area contributed by atoms with Crippen LogP contribution in [0.5, 0.6) is 0 Å². The van der Waals surface area contributed by atoms with Crippen LogP contribution in [0.3, 0.4) is 0 Å². The van der Waals surface area contributed by atoms with Gasteiger partial charge in [-0.25, -0.2) is 4.79 Å². The van der Waals surface area contributed by atoms with Gasteiger partial charge in [0.05, 0.1) is 6.10 Å². The van der Waals surface area contributed by atoms with Crippen LogP contribution in [0, 0.1) is 6.92 Å². The Bertz CT molecular complexity index is 433. The highest BCUT2D eigenvalue weighted by molar-refractivity contribution is 5.72. The van der Waals surface area contributed by atoms with Crippen LogP contribution in [-0.2, 0) is 16.0 Å². The molecule has 1 aromatic rings. The molecule has 1 fully saturated rings. The summed E-state index contributed by atoms with van der Waals surface area (Å²) in [6.45, 7) is 3.71. The van der Waals surface area contributed by atoms with Gasteiger partial charge in [0.15, 0.2) is 6.10 Å². The Kier molecular flexibility index (Phi) is 4.93. The average Bonchev–Trinajstić information content (AvgIpc) is 2.84. The van der Waals surface area contributed by atoms with Crippen molar-refractivity contribution >= 4 is 5.97 Å². The second kappa shape index (κ2) is 6.68. The molecular weight excluding hydrogens is 242 g/mol. The molecule has 2 unspecified atom stereocenters. The van der Waals surface area contributed by atoms with Gasteiger partial charge in [0.25, 0.3) is 0 Å². The number of rotatable bonds is 6. The number of ether oxygens (including phenoxy) is 1. The van der Waals surface area contributed by atoms with Crippen molar-refractivity contribution in [2.45, 2.75) is 38.4 Å². The van der Waals surface area contributed by atoms with Gasteiger partial charge < -0.3 is 15.2 Å². The summed E-state index contributed by atoms with van der Waals surface area (Å²) >= 11 is 0. The SMILES string of the molecule is Cc1cccc(CCNCC2CCC(C(=O)O)O2)c1. The van der Waals surface area contributed by atoms with Crippen LogP contribution in [0.4, 0.5) is 0 Å². The number of hydrogen-bond acceptors (Lipinski definition) is 3. The first-order chi connectivity index (χ1) is 9.15. The molecule has 2 atom stereocenters. The fourth-order valence-electron chi connectivity index (χ4n) is 2.40. The van der Waals surface area contributed by atoms with Crippen LogP contribution in [0.1, 0.15) is 24.0 Å². The van der Waals surface area contributed by atoms with Gasteiger partial charge in [-0.2, -0.15) is 0 Å². The number of benzene rings is 1. The third-order valence-electron chi connectivity index (χ3n) is 3.43. The molecule has 2 N–H and O–H groups in total. The minimum Gasteiger partial charge on any atom is -0.479 e. The van der Waals surface area contributed by atoms with Gasteiger partial charge in [-0.15, -0.1) is 0 Å². The van der Waals surface area contributed by atoms with Gasteiger partial charge in [0.2, 0.25) is 0 Å². The first kappa shape index (κ1) is 14.0. The highest BCUT2D eigenvalue weighted by atomic mass is 16.5. The topological polar surface area (TPSA) is 58.6 Å². The first-order valence-electron chi connectivity index (χ1n) is 6.79. The number of aryl methyl sites for hydroxylation is 1. The van der Waals surface area contributed by atoms with E-state index in [0.29, 0.717) is 6.42 Å². The molecule has 104 valence electrons. The lowest BCUT2D eigenvalue weighted by Gasteiger charge is -2.12. The molecule has 1 aliphatic rings. The van der Waals surface area contributed by atoms with Gasteiger partial charge >= 0.3 is 5.97 Å². The van der Waals surface area contributed by atoms with Crippen molar-refractivity contribution in [2.75, 3.05) is 13.1 Å². The Morgan fingerprint density at radius 2 is 2.32 bits per heavy atom. The van der Waals surface area contributed by atoms with Crippen molar-refractivity contribution in [3.8, 4) is 0 Å². The fraction of sp³-hybridized carbons (Fsp3) is 0.533. The van der Waals surface area contributed by atoms with Crippen LogP contribution in [0.15, 0.2) is 24.3 Å². The molecule has 4 nitrogen and oxygen atoms in total. The van der Waals surface area contributed by atoms with Crippen LogP contribution in [0.25, 0.3) is 0 Å². The maximum Gasteiger partial charge on any atom is 0.332 e. The Labute approximate surface area is 113 Å². The molecule has 0 spiro atoms. The second-order valence-corrected chi connectivity index (χ2v) is 5.11. The highest BCUT2D eigenvalue weighted by Crippen LogP contribution is 2.19. The van der Waals surface area contributed by atoms with Gasteiger partial charge in [-0.1, -0.05) is 29.8 Å². The molecule has 1 saturated heterocycles. The van der Waals surface area contributed by atoms with Crippen LogP contribution < -0.4 is 5.32 Å². The minimum atomic E-state index is -0.845. The highest BCUT2D eigenvalue weighted by Gasteiger charge is 2.29. The van der Waals surface area contributed by atoms with Crippen molar-refractivity contribution < 1.29 is 14.6 Å². The lowest BCUT2D eigenvalue weighted by molar-refractivity contribution is -0.149. The number of hydrogen-bond donors (Lipinski definition) is 2. The summed E-state index contributed by atoms with van der Waals surface area (Å²) in [7, 11) is 0. The van der Waals surface area contributed by atoms with E-state index in [1.165, 1.54) is 11.1 Å². The molecule has 0 aromatic heterocycles. The van der Waals surface area contributed by atoms with Crippen molar-refractivity contribution in [3.63, 3.8) is 0 Å². The molecular formula is C15H21NO3. The molecule has 2 rings (SSSR count). The van der Waals surface area contributed by atoms with Gasteiger partial charge in [0.1, 0.15) is 0 Å². The van der Waals surface area contributed by atoms with E-state index in [4.69, 9.17) is 9.84 Å². The van der Waals surface area contributed by atoms with E-state index in [0.717, 1.165) is 25.9 Å². The Morgan fingerprint density at radius 3 is 3.00 bits per heavy atom. The minimum absolute atomic E-state index is 0.0404. The molecule has 0 saturated carbocycles. The van der Waals surface area contributed by atoms with E-state index in [2.05, 4.69) is 36.5 Å². The molecule has 0 aliphatic carbocycles. The predicted octanol–water partition coefficient (Wildman–Crippen LogP) is 1.76. The standard InChI is InChI=1S/C15H21NO3/c1-11-3-2-4-12(9-11)7-8-16-10-13-5-6-14(19-13)15(17)18/h2-4,9,13-14,16H,5-8,10H2,1H3,(H,17,18). The van der Waals surface area contributed by atoms with Crippen molar-refractivity contribution in [1.82, 2.24) is 5.32 Å². The average molecular weight is 263 g/mol. The molecule has 19 heavy (non-hydrogen) atoms. The lowest BCUT2D eigenvalue weighted by atomic mass is 10.1. The van der Waals surface area contributed by atoms with Crippen LogP contribution in [-0.4, -0.2) is 36.4 Å². The van der Waals surface area contributed by atoms with E-state index in [1.807, 2.05) is 0 Å². The number of carboxylic acids is 1. The third kappa shape index (κ3) is 4.33. The molecule has 0 amide bonds. The zero-order valence-electron chi connectivity index (χ0n) is 11.3. The van der Waals surface area contributed by atoms with E-state index in [9.17, 15) is 4.79 Å². The Hall–Kier alpha value is -1.39. The number of aliphatic carboxylic acids is 1. The molecule has 0 radical (unpaired) electrons. The monoisotopic (exact) mass is 263 g/mol. The summed E-state index contributed by atoms with van der Waals surface area (Å²) in [6.07, 6.45) is 1.87. The van der Waals surface area contributed by atoms with E-state index in [1.54, 1.807) is 0 Å². The number of carboxylic acid groups (broad SMARTS) is 1. The summed E-state index contributed by atoms with van der Waals surface area (Å²) in [4.78, 5) is 10.7. The van der Waals surface area contributed by atoms with Gasteiger partial charge in [-0.05, 0) is 38.3 Å². The Balaban J connectivity index is 1.64. The zero-order chi connectivity index (χ0) is 13.7. The summed E-state index contributed by atoms with van der Waals surface area (Å²) < 4.78 is 5.43. The van der Waals surface area contributed by atoms with Gasteiger partial charge in [0, 0.05) is 6.54 Å². The molecule has 1 aliphatic heterocycles. The Morgan fingerprint density at radius 1 is 1.47 bits per heavy atom. The summed E-state index contributed by atoms with van der Waals surface area (Å²) in [5, 5.41) is 12.2. The third-order valence-corrected chi connectivity index (χ3v) is 3.43. The van der Waals surface area contributed by atoms with E-state index in [-0.39, 0.29) is 6.10 Å². The smallest absolute Gasteiger partial charge is 0.332 e. The normalized spacial score (nSPS) is 22.6. The number of nitrogens with one attached hydrogen (secondary N) is 1.